The zero-order valence-electron chi connectivity index (χ0n) is 7.76. The molecule has 3 heteroatoms. The topological polar surface area (TPSA) is 12.5 Å². The van der Waals surface area contributed by atoms with E-state index in [4.69, 9.17) is 4.74 Å². The number of likely N-dealkylation sites (N-methyl/N-ethyl adjacent to an activating group) is 1. The van der Waals surface area contributed by atoms with Crippen LogP contribution in [0.15, 0.2) is 0 Å². The standard InChI is InChI=1S/C9H18BrNO/c1-11(6-5-10)8-9-4-2-3-7-12-9/h9H,2-8H2,1H3. The molecule has 1 unspecified atom stereocenters. The monoisotopic (exact) mass is 235 g/mol. The zero-order chi connectivity index (χ0) is 8.81. The van der Waals surface area contributed by atoms with Gasteiger partial charge in [-0.1, -0.05) is 15.9 Å². The molecule has 1 aliphatic rings. The van der Waals surface area contributed by atoms with E-state index < -0.39 is 0 Å². The molecule has 1 atom stereocenters. The van der Waals surface area contributed by atoms with Gasteiger partial charge in [0.2, 0.25) is 0 Å². The minimum atomic E-state index is 0.489. The van der Waals surface area contributed by atoms with Crippen LogP contribution in [0.5, 0.6) is 0 Å². The van der Waals surface area contributed by atoms with Crippen LogP contribution < -0.4 is 0 Å². The lowest BCUT2D eigenvalue weighted by Crippen LogP contribution is -2.34. The third-order valence-electron chi connectivity index (χ3n) is 2.26. The second-order valence-corrected chi connectivity index (χ2v) is 4.23. The van der Waals surface area contributed by atoms with Gasteiger partial charge in [-0.05, 0) is 26.3 Å². The van der Waals surface area contributed by atoms with Crippen LogP contribution in [-0.4, -0.2) is 43.1 Å². The first-order valence-electron chi connectivity index (χ1n) is 4.69. The molecule has 0 saturated carbocycles. The van der Waals surface area contributed by atoms with Gasteiger partial charge in [0.25, 0.3) is 0 Å². The highest BCUT2D eigenvalue weighted by atomic mass is 79.9. The Labute approximate surface area is 83.4 Å². The predicted molar refractivity (Wildman–Crippen MR) is 54.9 cm³/mol. The lowest BCUT2D eigenvalue weighted by Gasteiger charge is -2.26. The predicted octanol–water partition coefficient (Wildman–Crippen LogP) is 1.88. The Morgan fingerprint density at radius 1 is 1.50 bits per heavy atom. The van der Waals surface area contributed by atoms with Gasteiger partial charge in [-0.2, -0.15) is 0 Å². The first-order valence-corrected chi connectivity index (χ1v) is 5.81. The summed E-state index contributed by atoms with van der Waals surface area (Å²) >= 11 is 3.43. The molecule has 0 aromatic heterocycles. The Balaban J connectivity index is 2.11. The number of alkyl halides is 1. The SMILES string of the molecule is CN(CCBr)CC1CCCCO1. The molecular weight excluding hydrogens is 218 g/mol. The van der Waals surface area contributed by atoms with Gasteiger partial charge in [-0.25, -0.2) is 0 Å². The van der Waals surface area contributed by atoms with Crippen LogP contribution in [0.25, 0.3) is 0 Å². The van der Waals surface area contributed by atoms with Crippen LogP contribution in [-0.2, 0) is 4.74 Å². The number of ether oxygens (including phenoxy) is 1. The van der Waals surface area contributed by atoms with Gasteiger partial charge >= 0.3 is 0 Å². The Morgan fingerprint density at radius 3 is 2.92 bits per heavy atom. The summed E-state index contributed by atoms with van der Waals surface area (Å²) in [5, 5.41) is 1.05. The average Bonchev–Trinajstić information content (AvgIpc) is 2.06. The minimum Gasteiger partial charge on any atom is -0.377 e. The van der Waals surface area contributed by atoms with Gasteiger partial charge in [0, 0.05) is 25.0 Å². The van der Waals surface area contributed by atoms with Gasteiger partial charge < -0.3 is 9.64 Å². The Bertz CT molecular complexity index is 115. The van der Waals surface area contributed by atoms with Crippen LogP contribution >= 0.6 is 15.9 Å². The number of nitrogens with zero attached hydrogens (tertiary/aromatic N) is 1. The Hall–Kier alpha value is 0.400. The molecule has 0 N–H and O–H groups in total. The van der Waals surface area contributed by atoms with Gasteiger partial charge in [-0.15, -0.1) is 0 Å². The minimum absolute atomic E-state index is 0.489. The van der Waals surface area contributed by atoms with Crippen molar-refractivity contribution in [2.45, 2.75) is 25.4 Å². The van der Waals surface area contributed by atoms with Gasteiger partial charge in [0.15, 0.2) is 0 Å². The van der Waals surface area contributed by atoms with Crippen molar-refractivity contribution >= 4 is 15.9 Å². The summed E-state index contributed by atoms with van der Waals surface area (Å²) in [5.41, 5.74) is 0. The Morgan fingerprint density at radius 2 is 2.33 bits per heavy atom. The summed E-state index contributed by atoms with van der Waals surface area (Å²) in [4.78, 5) is 2.32. The van der Waals surface area contributed by atoms with Crippen molar-refractivity contribution in [3.05, 3.63) is 0 Å². The third-order valence-corrected chi connectivity index (χ3v) is 2.61. The highest BCUT2D eigenvalue weighted by Gasteiger charge is 2.14. The van der Waals surface area contributed by atoms with E-state index in [1.54, 1.807) is 0 Å². The van der Waals surface area contributed by atoms with Gasteiger partial charge in [0.05, 0.1) is 6.10 Å². The fourth-order valence-electron chi connectivity index (χ4n) is 1.53. The molecule has 1 heterocycles. The average molecular weight is 236 g/mol. The largest absolute Gasteiger partial charge is 0.377 e. The zero-order valence-corrected chi connectivity index (χ0v) is 9.35. The summed E-state index contributed by atoms with van der Waals surface area (Å²) < 4.78 is 5.64. The number of rotatable bonds is 4. The van der Waals surface area contributed by atoms with Crippen molar-refractivity contribution in [1.82, 2.24) is 4.90 Å². The van der Waals surface area contributed by atoms with E-state index in [1.807, 2.05) is 0 Å². The molecule has 0 aromatic rings. The summed E-state index contributed by atoms with van der Waals surface area (Å²) in [6.07, 6.45) is 4.32. The number of halogens is 1. The van der Waals surface area contributed by atoms with Crippen LogP contribution in [0.2, 0.25) is 0 Å². The lowest BCUT2D eigenvalue weighted by atomic mass is 10.1. The summed E-state index contributed by atoms with van der Waals surface area (Å²) in [5.74, 6) is 0. The maximum Gasteiger partial charge on any atom is 0.0701 e. The molecule has 0 aromatic carbocycles. The number of hydrogen-bond donors (Lipinski definition) is 0. The second kappa shape index (κ2) is 5.95. The van der Waals surface area contributed by atoms with Crippen molar-refractivity contribution in [3.63, 3.8) is 0 Å². The Kier molecular flexibility index (Phi) is 5.19. The van der Waals surface area contributed by atoms with Gasteiger partial charge in [0.1, 0.15) is 0 Å². The fraction of sp³-hybridized carbons (Fsp3) is 1.00. The fourth-order valence-corrected chi connectivity index (χ4v) is 2.14. The maximum absolute atomic E-state index is 5.64. The summed E-state index contributed by atoms with van der Waals surface area (Å²) in [7, 11) is 2.15. The molecule has 1 aliphatic heterocycles. The van der Waals surface area contributed by atoms with E-state index >= 15 is 0 Å². The van der Waals surface area contributed by atoms with Gasteiger partial charge in [-0.3, -0.25) is 0 Å². The van der Waals surface area contributed by atoms with Crippen LogP contribution in [0.1, 0.15) is 19.3 Å². The van der Waals surface area contributed by atoms with E-state index in [1.165, 1.54) is 19.3 Å². The van der Waals surface area contributed by atoms with E-state index in [0.29, 0.717) is 6.10 Å². The summed E-state index contributed by atoms with van der Waals surface area (Å²) in [6, 6.07) is 0. The third kappa shape index (κ3) is 3.87. The molecule has 1 fully saturated rings. The molecule has 0 spiro atoms. The van der Waals surface area contributed by atoms with E-state index in [9.17, 15) is 0 Å². The van der Waals surface area contributed by atoms with E-state index in [-0.39, 0.29) is 0 Å². The second-order valence-electron chi connectivity index (χ2n) is 3.44. The summed E-state index contributed by atoms with van der Waals surface area (Å²) in [6.45, 7) is 3.16. The van der Waals surface area contributed by atoms with Crippen molar-refractivity contribution in [1.29, 1.82) is 0 Å². The molecule has 72 valence electrons. The molecule has 0 aliphatic carbocycles. The normalized spacial score (nSPS) is 24.8. The molecule has 0 bridgehead atoms. The molecule has 0 radical (unpaired) electrons. The van der Waals surface area contributed by atoms with Crippen LogP contribution in [0, 0.1) is 0 Å². The first-order chi connectivity index (χ1) is 5.83. The molecule has 1 saturated heterocycles. The smallest absolute Gasteiger partial charge is 0.0701 e. The maximum atomic E-state index is 5.64. The lowest BCUT2D eigenvalue weighted by molar-refractivity contribution is -0.000478. The van der Waals surface area contributed by atoms with Crippen LogP contribution in [0.3, 0.4) is 0 Å². The van der Waals surface area contributed by atoms with Crippen molar-refractivity contribution in [2.75, 3.05) is 32.1 Å². The first kappa shape index (κ1) is 10.5. The quantitative estimate of drug-likeness (QED) is 0.691. The van der Waals surface area contributed by atoms with E-state index in [2.05, 4.69) is 27.9 Å². The van der Waals surface area contributed by atoms with Crippen molar-refractivity contribution in [3.8, 4) is 0 Å². The molecule has 1 rings (SSSR count). The highest BCUT2D eigenvalue weighted by Crippen LogP contribution is 2.13. The molecular formula is C9H18BrNO. The highest BCUT2D eigenvalue weighted by molar-refractivity contribution is 9.09. The van der Waals surface area contributed by atoms with Crippen molar-refractivity contribution < 1.29 is 4.74 Å². The van der Waals surface area contributed by atoms with E-state index in [0.717, 1.165) is 25.0 Å². The van der Waals surface area contributed by atoms with Crippen molar-refractivity contribution in [2.24, 2.45) is 0 Å². The van der Waals surface area contributed by atoms with Crippen LogP contribution in [0.4, 0.5) is 0 Å². The molecule has 0 amide bonds. The molecule has 2 nitrogen and oxygen atoms in total. The number of hydrogen-bond acceptors (Lipinski definition) is 2. The molecule has 12 heavy (non-hydrogen) atoms.